The van der Waals surface area contributed by atoms with E-state index in [0.29, 0.717) is 12.6 Å². The molecule has 2 saturated heterocycles. The van der Waals surface area contributed by atoms with E-state index in [1.165, 1.54) is 25.1 Å². The lowest BCUT2D eigenvalue weighted by atomic mass is 10.1. The first kappa shape index (κ1) is 14.4. The van der Waals surface area contributed by atoms with Gasteiger partial charge in [-0.05, 0) is 45.1 Å². The third kappa shape index (κ3) is 3.39. The lowest BCUT2D eigenvalue weighted by molar-refractivity contribution is 0.111. The first-order valence-electron chi connectivity index (χ1n) is 7.77. The van der Waals surface area contributed by atoms with Crippen molar-refractivity contribution in [1.82, 2.24) is 9.88 Å². The van der Waals surface area contributed by atoms with Crippen LogP contribution in [-0.2, 0) is 11.3 Å². The van der Waals surface area contributed by atoms with Crippen molar-refractivity contribution in [3.05, 3.63) is 16.1 Å². The Balaban J connectivity index is 1.56. The highest BCUT2D eigenvalue weighted by Crippen LogP contribution is 2.31. The molecule has 20 heavy (non-hydrogen) atoms. The molecule has 2 atom stereocenters. The van der Waals surface area contributed by atoms with Crippen molar-refractivity contribution in [2.24, 2.45) is 0 Å². The molecule has 3 heterocycles. The van der Waals surface area contributed by atoms with Crippen LogP contribution in [0.25, 0.3) is 0 Å². The van der Waals surface area contributed by atoms with E-state index >= 15 is 0 Å². The minimum Gasteiger partial charge on any atom is -0.396 e. The predicted molar refractivity (Wildman–Crippen MR) is 79.8 cm³/mol. The largest absolute Gasteiger partial charge is 0.396 e. The van der Waals surface area contributed by atoms with E-state index in [1.807, 2.05) is 0 Å². The van der Waals surface area contributed by atoms with Crippen LogP contribution in [0.1, 0.15) is 55.3 Å². The van der Waals surface area contributed by atoms with Crippen LogP contribution in [0.15, 0.2) is 5.38 Å². The third-order valence-electron chi connectivity index (χ3n) is 4.33. The molecule has 1 aromatic rings. The lowest BCUT2D eigenvalue weighted by Crippen LogP contribution is -2.29. The van der Waals surface area contributed by atoms with Crippen molar-refractivity contribution in [3.8, 4) is 0 Å². The summed E-state index contributed by atoms with van der Waals surface area (Å²) in [5.74, 6) is 0. The maximum atomic E-state index is 8.98. The van der Waals surface area contributed by atoms with Gasteiger partial charge >= 0.3 is 0 Å². The number of hydrogen-bond acceptors (Lipinski definition) is 5. The molecule has 2 fully saturated rings. The molecule has 2 unspecified atom stereocenters. The minimum atomic E-state index is 0.248. The van der Waals surface area contributed by atoms with Gasteiger partial charge in [-0.3, -0.25) is 4.90 Å². The number of nitrogens with zero attached hydrogens (tertiary/aromatic N) is 2. The van der Waals surface area contributed by atoms with Gasteiger partial charge in [0.05, 0.1) is 5.69 Å². The van der Waals surface area contributed by atoms with Gasteiger partial charge in [0, 0.05) is 31.2 Å². The van der Waals surface area contributed by atoms with Gasteiger partial charge in [0.15, 0.2) is 0 Å². The molecular formula is C15H24N2O2S. The fraction of sp³-hybridized carbons (Fsp3) is 0.800. The number of aliphatic hydroxyl groups excluding tert-OH is 1. The van der Waals surface area contributed by atoms with Gasteiger partial charge in [-0.25, -0.2) is 4.98 Å². The van der Waals surface area contributed by atoms with Crippen molar-refractivity contribution >= 4 is 11.3 Å². The molecule has 0 aromatic carbocycles. The smallest absolute Gasteiger partial charge is 0.122 e. The summed E-state index contributed by atoms with van der Waals surface area (Å²) in [5, 5.41) is 12.3. The van der Waals surface area contributed by atoms with Crippen molar-refractivity contribution in [1.29, 1.82) is 0 Å². The van der Waals surface area contributed by atoms with Gasteiger partial charge in [-0.15, -0.1) is 11.3 Å². The summed E-state index contributed by atoms with van der Waals surface area (Å²) >= 11 is 1.75. The Morgan fingerprint density at radius 3 is 3.15 bits per heavy atom. The molecule has 0 aliphatic carbocycles. The number of likely N-dealkylation sites (tertiary alicyclic amines) is 1. The number of thiazole rings is 1. The van der Waals surface area contributed by atoms with Crippen LogP contribution in [-0.4, -0.2) is 40.8 Å². The molecule has 2 aliphatic rings. The lowest BCUT2D eigenvalue weighted by Gasteiger charge is -2.23. The molecule has 112 valence electrons. The van der Waals surface area contributed by atoms with E-state index in [1.54, 1.807) is 11.3 Å². The van der Waals surface area contributed by atoms with Crippen molar-refractivity contribution < 1.29 is 9.84 Å². The second-order valence-electron chi connectivity index (χ2n) is 5.81. The predicted octanol–water partition coefficient (Wildman–Crippen LogP) is 2.73. The summed E-state index contributed by atoms with van der Waals surface area (Å²) in [6, 6.07) is 0.634. The SMILES string of the molecule is OCCCC1CCCN1Cc1csc(C2CCCO2)n1. The highest BCUT2D eigenvalue weighted by atomic mass is 32.1. The molecule has 5 heteroatoms. The number of aromatic nitrogens is 1. The summed E-state index contributed by atoms with van der Waals surface area (Å²) < 4.78 is 5.70. The van der Waals surface area contributed by atoms with Crippen molar-refractivity contribution in [2.45, 2.75) is 57.2 Å². The van der Waals surface area contributed by atoms with Crippen LogP contribution < -0.4 is 0 Å². The van der Waals surface area contributed by atoms with E-state index in [2.05, 4.69) is 10.3 Å². The van der Waals surface area contributed by atoms with E-state index < -0.39 is 0 Å². The summed E-state index contributed by atoms with van der Waals surface area (Å²) in [6.45, 7) is 3.32. The van der Waals surface area contributed by atoms with E-state index in [9.17, 15) is 0 Å². The van der Waals surface area contributed by atoms with Crippen LogP contribution >= 0.6 is 11.3 Å². The van der Waals surface area contributed by atoms with Crippen molar-refractivity contribution in [2.75, 3.05) is 19.8 Å². The molecule has 4 nitrogen and oxygen atoms in total. The molecule has 0 amide bonds. The zero-order valence-corrected chi connectivity index (χ0v) is 12.8. The molecular weight excluding hydrogens is 272 g/mol. The quantitative estimate of drug-likeness (QED) is 0.877. The average Bonchev–Trinajstić information content (AvgIpc) is 3.18. The van der Waals surface area contributed by atoms with Gasteiger partial charge in [0.2, 0.25) is 0 Å². The minimum absolute atomic E-state index is 0.248. The summed E-state index contributed by atoms with van der Waals surface area (Å²) in [7, 11) is 0. The summed E-state index contributed by atoms with van der Waals surface area (Å²) in [4.78, 5) is 7.30. The highest BCUT2D eigenvalue weighted by Gasteiger charge is 2.26. The molecule has 3 rings (SSSR count). The average molecular weight is 296 g/mol. The standard InChI is InChI=1S/C15H24N2O2S/c18-8-2-5-13-4-1-7-17(13)10-12-11-20-15(16-12)14-6-3-9-19-14/h11,13-14,18H,1-10H2. The second-order valence-corrected chi connectivity index (χ2v) is 6.70. The Morgan fingerprint density at radius 1 is 1.40 bits per heavy atom. The molecule has 0 radical (unpaired) electrons. The molecule has 1 N–H and O–H groups in total. The zero-order valence-electron chi connectivity index (χ0n) is 12.0. The number of ether oxygens (including phenoxy) is 1. The maximum absolute atomic E-state index is 8.98. The Labute approximate surface area is 124 Å². The monoisotopic (exact) mass is 296 g/mol. The van der Waals surface area contributed by atoms with E-state index in [0.717, 1.165) is 43.8 Å². The number of aliphatic hydroxyl groups is 1. The van der Waals surface area contributed by atoms with Crippen LogP contribution in [0.2, 0.25) is 0 Å². The van der Waals surface area contributed by atoms with Crippen LogP contribution in [0.3, 0.4) is 0 Å². The van der Waals surface area contributed by atoms with Gasteiger partial charge < -0.3 is 9.84 Å². The van der Waals surface area contributed by atoms with Gasteiger partial charge in [0.1, 0.15) is 11.1 Å². The number of rotatable bonds is 6. The third-order valence-corrected chi connectivity index (χ3v) is 5.32. The van der Waals surface area contributed by atoms with Gasteiger partial charge in [-0.2, -0.15) is 0 Å². The molecule has 1 aromatic heterocycles. The molecule has 0 spiro atoms. The highest BCUT2D eigenvalue weighted by molar-refractivity contribution is 7.09. The molecule has 0 bridgehead atoms. The van der Waals surface area contributed by atoms with E-state index in [-0.39, 0.29) is 6.10 Å². The van der Waals surface area contributed by atoms with Crippen LogP contribution in [0, 0.1) is 0 Å². The fourth-order valence-electron chi connectivity index (χ4n) is 3.28. The Kier molecular flexibility index (Phi) is 5.04. The summed E-state index contributed by atoms with van der Waals surface area (Å²) in [6.07, 6.45) is 7.10. The Morgan fingerprint density at radius 2 is 2.35 bits per heavy atom. The van der Waals surface area contributed by atoms with Crippen LogP contribution in [0.4, 0.5) is 0 Å². The summed E-state index contributed by atoms with van der Waals surface area (Å²) in [5.41, 5.74) is 1.19. The van der Waals surface area contributed by atoms with Gasteiger partial charge in [0.25, 0.3) is 0 Å². The topological polar surface area (TPSA) is 45.6 Å². The normalized spacial score (nSPS) is 27.4. The van der Waals surface area contributed by atoms with E-state index in [4.69, 9.17) is 14.8 Å². The van der Waals surface area contributed by atoms with Crippen molar-refractivity contribution in [3.63, 3.8) is 0 Å². The molecule has 2 aliphatic heterocycles. The zero-order chi connectivity index (χ0) is 13.8. The van der Waals surface area contributed by atoms with Gasteiger partial charge in [-0.1, -0.05) is 0 Å². The second kappa shape index (κ2) is 6.98. The maximum Gasteiger partial charge on any atom is 0.122 e. The first-order chi connectivity index (χ1) is 9.86. The molecule has 0 saturated carbocycles. The fourth-order valence-corrected chi connectivity index (χ4v) is 4.17. The Hall–Kier alpha value is -0.490. The first-order valence-corrected chi connectivity index (χ1v) is 8.65. The van der Waals surface area contributed by atoms with Crippen LogP contribution in [0.5, 0.6) is 0 Å². The number of hydrogen-bond donors (Lipinski definition) is 1. The Bertz CT molecular complexity index is 418.